The van der Waals surface area contributed by atoms with Crippen LogP contribution in [0.5, 0.6) is 0 Å². The molecule has 7 unspecified atom stereocenters. The van der Waals surface area contributed by atoms with E-state index < -0.39 is 0 Å². The van der Waals surface area contributed by atoms with Gasteiger partial charge in [-0.1, -0.05) is 48.0 Å². The third-order valence-corrected chi connectivity index (χ3v) is 10.6. The molecule has 0 aromatic heterocycles. The van der Waals surface area contributed by atoms with Crippen molar-refractivity contribution in [2.45, 2.75) is 118 Å². The normalized spacial score (nSPS) is 48.0. The summed E-state index contributed by atoms with van der Waals surface area (Å²) in [6, 6.07) is 0.809. The van der Waals surface area contributed by atoms with Gasteiger partial charge in [-0.3, -0.25) is 4.90 Å². The molecule has 29 heavy (non-hydrogen) atoms. The zero-order chi connectivity index (χ0) is 21.1. The van der Waals surface area contributed by atoms with Crippen molar-refractivity contribution in [3.05, 3.63) is 0 Å². The lowest BCUT2D eigenvalue weighted by Crippen LogP contribution is -2.56. The molecule has 0 radical (unpaired) electrons. The molecule has 7 atom stereocenters. The largest absolute Gasteiger partial charge is 0.294 e. The number of hydrogen-bond acceptors (Lipinski definition) is 1. The number of fused-ring (bicyclic) bond motifs is 3. The summed E-state index contributed by atoms with van der Waals surface area (Å²) in [7, 11) is 0. The van der Waals surface area contributed by atoms with Gasteiger partial charge in [-0.15, -0.1) is 0 Å². The van der Waals surface area contributed by atoms with Crippen molar-refractivity contribution in [1.29, 1.82) is 0 Å². The maximum Gasteiger partial charge on any atom is 0.0162 e. The Labute approximate surface area is 182 Å². The Morgan fingerprint density at radius 3 is 2.03 bits per heavy atom. The average Bonchev–Trinajstić information content (AvgIpc) is 2.91. The minimum absolute atomic E-state index is 0.365. The Balaban J connectivity index is 1.68. The Bertz CT molecular complexity index is 557. The van der Waals surface area contributed by atoms with Crippen LogP contribution in [0.1, 0.15) is 107 Å². The predicted molar refractivity (Wildman–Crippen MR) is 126 cm³/mol. The fraction of sp³-hybridized carbons (Fsp3) is 1.00. The van der Waals surface area contributed by atoms with Crippen LogP contribution in [-0.4, -0.2) is 23.0 Å². The lowest BCUT2D eigenvalue weighted by Gasteiger charge is -2.54. The number of nitrogens with zero attached hydrogens (tertiary/aromatic N) is 1. The van der Waals surface area contributed by atoms with Crippen LogP contribution in [0, 0.1) is 52.8 Å². The van der Waals surface area contributed by atoms with Crippen molar-refractivity contribution in [2.24, 2.45) is 52.8 Å². The Morgan fingerprint density at radius 1 is 0.828 bits per heavy atom. The molecule has 1 aliphatic heterocycles. The minimum Gasteiger partial charge on any atom is -0.294 e. The Morgan fingerprint density at radius 2 is 1.45 bits per heavy atom. The van der Waals surface area contributed by atoms with Crippen LogP contribution in [0.2, 0.25) is 0 Å². The zero-order valence-electron chi connectivity index (χ0n) is 21.0. The van der Waals surface area contributed by atoms with Gasteiger partial charge in [0.05, 0.1) is 0 Å². The highest BCUT2D eigenvalue weighted by molar-refractivity contribution is 5.12. The Hall–Kier alpha value is -0.0400. The fourth-order valence-corrected chi connectivity index (χ4v) is 9.32. The maximum absolute atomic E-state index is 3.12. The second-order valence-electron chi connectivity index (χ2n) is 13.6. The summed E-state index contributed by atoms with van der Waals surface area (Å²) >= 11 is 0. The van der Waals surface area contributed by atoms with Gasteiger partial charge in [0.2, 0.25) is 0 Å². The summed E-state index contributed by atoms with van der Waals surface area (Å²) in [5.74, 6) is 7.31. The molecular formula is C28H51N. The molecule has 0 amide bonds. The molecule has 3 saturated carbocycles. The van der Waals surface area contributed by atoms with Gasteiger partial charge in [0.1, 0.15) is 0 Å². The second kappa shape index (κ2) is 7.83. The molecule has 1 heterocycles. The predicted octanol–water partition coefficient (Wildman–Crippen LogP) is 7.65. The van der Waals surface area contributed by atoms with Gasteiger partial charge < -0.3 is 0 Å². The van der Waals surface area contributed by atoms with Gasteiger partial charge in [-0.2, -0.15) is 0 Å². The monoisotopic (exact) mass is 401 g/mol. The van der Waals surface area contributed by atoms with Gasteiger partial charge in [0.15, 0.2) is 0 Å². The summed E-state index contributed by atoms with van der Waals surface area (Å²) in [4.78, 5) is 3.12. The van der Waals surface area contributed by atoms with E-state index >= 15 is 0 Å². The molecular weight excluding hydrogens is 350 g/mol. The summed E-state index contributed by atoms with van der Waals surface area (Å²) in [6.45, 7) is 21.9. The van der Waals surface area contributed by atoms with Crippen molar-refractivity contribution < 1.29 is 0 Å². The molecule has 1 nitrogen and oxygen atoms in total. The first-order chi connectivity index (χ1) is 13.5. The molecule has 0 aromatic rings. The second-order valence-corrected chi connectivity index (χ2v) is 13.6. The fourth-order valence-electron chi connectivity index (χ4n) is 9.32. The molecule has 4 aliphatic rings. The summed E-state index contributed by atoms with van der Waals surface area (Å²) < 4.78 is 0. The molecule has 0 N–H and O–H groups in total. The highest BCUT2D eigenvalue weighted by atomic mass is 15.3. The lowest BCUT2D eigenvalue weighted by atomic mass is 9.51. The van der Waals surface area contributed by atoms with E-state index in [1.807, 2.05) is 0 Å². The first-order valence-electron chi connectivity index (χ1n) is 13.3. The van der Waals surface area contributed by atoms with E-state index in [1.165, 1.54) is 51.5 Å². The molecule has 168 valence electrons. The molecule has 4 fully saturated rings. The van der Waals surface area contributed by atoms with E-state index in [9.17, 15) is 0 Å². The topological polar surface area (TPSA) is 3.24 Å². The highest BCUT2D eigenvalue weighted by Crippen LogP contribution is 2.62. The van der Waals surface area contributed by atoms with E-state index in [-0.39, 0.29) is 0 Å². The third kappa shape index (κ3) is 3.74. The van der Waals surface area contributed by atoms with Gasteiger partial charge in [0, 0.05) is 18.1 Å². The summed E-state index contributed by atoms with van der Waals surface area (Å²) in [6.07, 6.45) is 11.9. The zero-order valence-corrected chi connectivity index (χ0v) is 21.0. The van der Waals surface area contributed by atoms with Gasteiger partial charge in [-0.05, 0) is 112 Å². The van der Waals surface area contributed by atoms with Crippen LogP contribution in [0.25, 0.3) is 0 Å². The molecule has 1 saturated heterocycles. The molecule has 1 spiro atoms. The van der Waals surface area contributed by atoms with E-state index in [0.29, 0.717) is 11.0 Å². The first-order valence-corrected chi connectivity index (χ1v) is 13.3. The average molecular weight is 402 g/mol. The summed E-state index contributed by atoms with van der Waals surface area (Å²) in [5, 5.41) is 0. The minimum atomic E-state index is 0.365. The number of rotatable bonds is 3. The van der Waals surface area contributed by atoms with E-state index in [0.717, 1.165) is 53.4 Å². The van der Waals surface area contributed by atoms with Gasteiger partial charge >= 0.3 is 0 Å². The van der Waals surface area contributed by atoms with Crippen LogP contribution in [0.15, 0.2) is 0 Å². The highest BCUT2D eigenvalue weighted by Gasteiger charge is 2.60. The third-order valence-electron chi connectivity index (χ3n) is 10.6. The quantitative estimate of drug-likeness (QED) is 0.469. The van der Waals surface area contributed by atoms with Crippen LogP contribution in [-0.2, 0) is 0 Å². The number of likely N-dealkylation sites (tertiary alicyclic amines) is 1. The van der Waals surface area contributed by atoms with Crippen molar-refractivity contribution in [1.82, 2.24) is 4.90 Å². The molecule has 0 aromatic carbocycles. The van der Waals surface area contributed by atoms with Crippen molar-refractivity contribution in [2.75, 3.05) is 6.54 Å². The lowest BCUT2D eigenvalue weighted by molar-refractivity contribution is -0.0496. The van der Waals surface area contributed by atoms with E-state index in [1.54, 1.807) is 6.42 Å². The SMILES string of the molecule is CC1CC2CC(C)C3(CN(C4C(C(C)C)CCCC4C(C)C)C(C)(C)C3)C(C1)C2. The maximum atomic E-state index is 3.12. The molecule has 3 aliphatic carbocycles. The molecule has 4 rings (SSSR count). The van der Waals surface area contributed by atoms with Crippen LogP contribution >= 0.6 is 0 Å². The van der Waals surface area contributed by atoms with Crippen LogP contribution in [0.3, 0.4) is 0 Å². The van der Waals surface area contributed by atoms with E-state index in [2.05, 4.69) is 60.3 Å². The smallest absolute Gasteiger partial charge is 0.0162 e. The van der Waals surface area contributed by atoms with Crippen molar-refractivity contribution in [3.63, 3.8) is 0 Å². The molecule has 2 bridgehead atoms. The van der Waals surface area contributed by atoms with Crippen LogP contribution < -0.4 is 0 Å². The standard InChI is InChI=1S/C28H51N/c1-18(2)24-10-9-11-25(19(3)4)26(24)29-17-28(16-27(29,7)8)21(6)14-22-12-20(5)13-23(28)15-22/h18-26H,9-17H2,1-8H3. The van der Waals surface area contributed by atoms with Gasteiger partial charge in [0.25, 0.3) is 0 Å². The van der Waals surface area contributed by atoms with Crippen LogP contribution in [0.4, 0.5) is 0 Å². The molecule has 1 heteroatoms. The Kier molecular flexibility index (Phi) is 5.98. The van der Waals surface area contributed by atoms with Crippen molar-refractivity contribution >= 4 is 0 Å². The van der Waals surface area contributed by atoms with Crippen molar-refractivity contribution in [3.8, 4) is 0 Å². The summed E-state index contributed by atoms with van der Waals surface area (Å²) in [5.41, 5.74) is 0.958. The first kappa shape index (κ1) is 22.2. The van der Waals surface area contributed by atoms with E-state index in [4.69, 9.17) is 0 Å². The number of hydrogen-bond donors (Lipinski definition) is 0. The van der Waals surface area contributed by atoms with Gasteiger partial charge in [-0.25, -0.2) is 0 Å².